The lowest BCUT2D eigenvalue weighted by Crippen LogP contribution is -2.04. The molecule has 20 heavy (non-hydrogen) atoms. The summed E-state index contributed by atoms with van der Waals surface area (Å²) in [4.78, 5) is 0. The van der Waals surface area contributed by atoms with Crippen molar-refractivity contribution in [2.75, 3.05) is 0 Å². The summed E-state index contributed by atoms with van der Waals surface area (Å²) < 4.78 is 5.62. The predicted molar refractivity (Wildman–Crippen MR) is 71.9 cm³/mol. The topological polar surface area (TPSA) is 90.2 Å². The molecule has 0 atom stereocenters. The van der Waals surface area contributed by atoms with Crippen molar-refractivity contribution in [2.45, 2.75) is 6.42 Å². The Bertz CT molecular complexity index is 701. The minimum Gasteiger partial charge on any atom is -0.508 e. The monoisotopic (exact) mass is 272 g/mol. The van der Waals surface area contributed by atoms with Gasteiger partial charge in [0.25, 0.3) is 0 Å². The molecule has 0 spiro atoms. The van der Waals surface area contributed by atoms with E-state index in [0.717, 1.165) is 5.56 Å². The van der Waals surface area contributed by atoms with Gasteiger partial charge in [0.15, 0.2) is 11.5 Å². The zero-order valence-electron chi connectivity index (χ0n) is 10.4. The molecule has 102 valence electrons. The SMILES string of the molecule is Oc1ccc(C2=CCc3c(cc(O)c(O)c3O)O2)cc1. The second-order valence-corrected chi connectivity index (χ2v) is 4.49. The van der Waals surface area contributed by atoms with Gasteiger partial charge in [0, 0.05) is 23.6 Å². The molecule has 1 aliphatic heterocycles. The van der Waals surface area contributed by atoms with E-state index in [1.54, 1.807) is 30.3 Å². The van der Waals surface area contributed by atoms with Crippen molar-refractivity contribution >= 4 is 5.76 Å². The maximum atomic E-state index is 9.77. The van der Waals surface area contributed by atoms with Crippen LogP contribution in [0.5, 0.6) is 28.7 Å². The van der Waals surface area contributed by atoms with Crippen LogP contribution in [0.1, 0.15) is 11.1 Å². The third kappa shape index (κ3) is 1.89. The molecule has 0 aliphatic carbocycles. The molecule has 0 radical (unpaired) electrons. The lowest BCUT2D eigenvalue weighted by Gasteiger charge is -2.20. The van der Waals surface area contributed by atoms with Gasteiger partial charge in [-0.05, 0) is 30.3 Å². The number of phenolic OH excluding ortho intramolecular Hbond substituents is 4. The molecule has 0 bridgehead atoms. The third-order valence-corrected chi connectivity index (χ3v) is 3.18. The molecular weight excluding hydrogens is 260 g/mol. The average molecular weight is 272 g/mol. The summed E-state index contributed by atoms with van der Waals surface area (Å²) in [7, 11) is 0. The fourth-order valence-electron chi connectivity index (χ4n) is 2.11. The highest BCUT2D eigenvalue weighted by atomic mass is 16.5. The fraction of sp³-hybridized carbons (Fsp3) is 0.0667. The van der Waals surface area contributed by atoms with Gasteiger partial charge < -0.3 is 25.2 Å². The first kappa shape index (κ1) is 12.2. The largest absolute Gasteiger partial charge is 0.508 e. The van der Waals surface area contributed by atoms with E-state index < -0.39 is 11.5 Å². The molecule has 2 aromatic carbocycles. The number of ether oxygens (including phenoxy) is 1. The van der Waals surface area contributed by atoms with Crippen LogP contribution in [-0.2, 0) is 6.42 Å². The highest BCUT2D eigenvalue weighted by Crippen LogP contribution is 2.46. The van der Waals surface area contributed by atoms with Gasteiger partial charge in [-0.3, -0.25) is 0 Å². The molecule has 1 aliphatic rings. The summed E-state index contributed by atoms with van der Waals surface area (Å²) in [5.74, 6) is -0.348. The summed E-state index contributed by atoms with van der Waals surface area (Å²) in [6.45, 7) is 0. The van der Waals surface area contributed by atoms with Crippen molar-refractivity contribution in [3.8, 4) is 28.7 Å². The van der Waals surface area contributed by atoms with Gasteiger partial charge in [-0.25, -0.2) is 0 Å². The summed E-state index contributed by atoms with van der Waals surface area (Å²) in [6.07, 6.45) is 2.12. The normalized spacial score (nSPS) is 13.3. The van der Waals surface area contributed by atoms with E-state index in [0.29, 0.717) is 23.5 Å². The Balaban J connectivity index is 1.99. The molecule has 0 unspecified atom stereocenters. The minimum absolute atomic E-state index is 0.158. The first-order valence-corrected chi connectivity index (χ1v) is 6.00. The average Bonchev–Trinajstić information content (AvgIpc) is 2.45. The van der Waals surface area contributed by atoms with Gasteiger partial charge >= 0.3 is 0 Å². The Hall–Kier alpha value is -2.82. The van der Waals surface area contributed by atoms with E-state index in [-0.39, 0.29) is 11.5 Å². The van der Waals surface area contributed by atoms with E-state index in [9.17, 15) is 20.4 Å². The highest BCUT2D eigenvalue weighted by Gasteiger charge is 2.22. The maximum absolute atomic E-state index is 9.77. The van der Waals surface area contributed by atoms with Gasteiger partial charge in [-0.1, -0.05) is 0 Å². The number of aromatic hydroxyl groups is 4. The molecule has 2 aromatic rings. The quantitative estimate of drug-likeness (QED) is 0.599. The van der Waals surface area contributed by atoms with Crippen LogP contribution in [0.15, 0.2) is 36.4 Å². The van der Waals surface area contributed by atoms with E-state index in [1.807, 2.05) is 0 Å². The van der Waals surface area contributed by atoms with Crippen LogP contribution in [-0.4, -0.2) is 20.4 Å². The van der Waals surface area contributed by atoms with Crippen LogP contribution in [0.25, 0.3) is 5.76 Å². The fourth-order valence-corrected chi connectivity index (χ4v) is 2.11. The molecule has 4 N–H and O–H groups in total. The van der Waals surface area contributed by atoms with E-state index >= 15 is 0 Å². The zero-order valence-corrected chi connectivity index (χ0v) is 10.4. The van der Waals surface area contributed by atoms with E-state index in [1.165, 1.54) is 6.07 Å². The van der Waals surface area contributed by atoms with Gasteiger partial charge in [-0.15, -0.1) is 0 Å². The van der Waals surface area contributed by atoms with Crippen LogP contribution in [0.3, 0.4) is 0 Å². The third-order valence-electron chi connectivity index (χ3n) is 3.18. The maximum Gasteiger partial charge on any atom is 0.200 e. The van der Waals surface area contributed by atoms with Crippen molar-refractivity contribution in [1.82, 2.24) is 0 Å². The Morgan fingerprint density at radius 1 is 0.900 bits per heavy atom. The summed E-state index contributed by atoms with van der Waals surface area (Å²) in [6, 6.07) is 7.75. The first-order valence-electron chi connectivity index (χ1n) is 6.00. The van der Waals surface area contributed by atoms with Crippen molar-refractivity contribution in [1.29, 1.82) is 0 Å². The van der Waals surface area contributed by atoms with Gasteiger partial charge in [0.05, 0.1) is 0 Å². The lowest BCUT2D eigenvalue weighted by molar-refractivity contribution is 0.358. The number of benzene rings is 2. The second kappa shape index (κ2) is 4.38. The smallest absolute Gasteiger partial charge is 0.200 e. The molecule has 5 nitrogen and oxygen atoms in total. The Morgan fingerprint density at radius 2 is 1.60 bits per heavy atom. The van der Waals surface area contributed by atoms with Crippen molar-refractivity contribution in [3.05, 3.63) is 47.5 Å². The van der Waals surface area contributed by atoms with Gasteiger partial charge in [-0.2, -0.15) is 0 Å². The van der Waals surface area contributed by atoms with Crippen LogP contribution >= 0.6 is 0 Å². The number of phenols is 4. The molecule has 0 saturated heterocycles. The highest BCUT2D eigenvalue weighted by molar-refractivity contribution is 5.70. The molecule has 0 amide bonds. The molecule has 0 saturated carbocycles. The van der Waals surface area contributed by atoms with Crippen LogP contribution in [0, 0.1) is 0 Å². The van der Waals surface area contributed by atoms with Gasteiger partial charge in [0.1, 0.15) is 17.3 Å². The lowest BCUT2D eigenvalue weighted by atomic mass is 10.0. The molecule has 1 heterocycles. The molecule has 3 rings (SSSR count). The first-order chi connectivity index (χ1) is 9.56. The van der Waals surface area contributed by atoms with Crippen LogP contribution < -0.4 is 4.74 Å². The number of fused-ring (bicyclic) bond motifs is 1. The molecule has 5 heteroatoms. The summed E-state index contributed by atoms with van der Waals surface area (Å²) in [5, 5.41) is 38.0. The number of hydrogen-bond donors (Lipinski definition) is 4. The van der Waals surface area contributed by atoms with Crippen molar-refractivity contribution in [3.63, 3.8) is 0 Å². The summed E-state index contributed by atoms with van der Waals surface area (Å²) >= 11 is 0. The zero-order chi connectivity index (χ0) is 14.3. The predicted octanol–water partition coefficient (Wildman–Crippen LogP) is 2.49. The number of rotatable bonds is 1. The molecular formula is C15H12O5. The van der Waals surface area contributed by atoms with E-state index in [4.69, 9.17) is 4.74 Å². The minimum atomic E-state index is -0.547. The standard InChI is InChI=1S/C15H12O5/c16-9-3-1-8(2-4-9)12-6-5-10-13(20-12)7-11(17)15(19)14(10)18/h1-4,6-7,16-19H,5H2. The van der Waals surface area contributed by atoms with Gasteiger partial charge in [0.2, 0.25) is 5.75 Å². The Labute approximate surface area is 114 Å². The number of hydrogen-bond acceptors (Lipinski definition) is 5. The number of allylic oxidation sites excluding steroid dienone is 1. The van der Waals surface area contributed by atoms with Crippen molar-refractivity contribution < 1.29 is 25.2 Å². The summed E-state index contributed by atoms with van der Waals surface area (Å²) in [5.41, 5.74) is 1.18. The Kier molecular flexibility index (Phi) is 2.68. The van der Waals surface area contributed by atoms with Crippen molar-refractivity contribution in [2.24, 2.45) is 0 Å². The second-order valence-electron chi connectivity index (χ2n) is 4.49. The Morgan fingerprint density at radius 3 is 2.30 bits per heavy atom. The molecule has 0 aromatic heterocycles. The van der Waals surface area contributed by atoms with Crippen LogP contribution in [0.2, 0.25) is 0 Å². The molecule has 0 fully saturated rings. The van der Waals surface area contributed by atoms with Crippen LogP contribution in [0.4, 0.5) is 0 Å². The van der Waals surface area contributed by atoms with E-state index in [2.05, 4.69) is 0 Å².